The lowest BCUT2D eigenvalue weighted by Crippen LogP contribution is -2.23. The molecular weight excluding hydrogens is 272 g/mol. The number of carbonyl (C=O) groups excluding carboxylic acids is 1. The molecule has 2 aromatic carbocycles. The highest BCUT2D eigenvalue weighted by atomic mass is 16.6. The zero-order valence-electron chi connectivity index (χ0n) is 11.2. The molecule has 0 aliphatic carbocycles. The van der Waals surface area contributed by atoms with Gasteiger partial charge in [0.1, 0.15) is 6.61 Å². The molecular formula is C15H14N2O4. The van der Waals surface area contributed by atoms with Gasteiger partial charge in [-0.05, 0) is 11.1 Å². The van der Waals surface area contributed by atoms with Gasteiger partial charge in [0, 0.05) is 18.7 Å². The van der Waals surface area contributed by atoms with Crippen LogP contribution in [0.4, 0.5) is 10.5 Å². The molecule has 2 aromatic rings. The van der Waals surface area contributed by atoms with Gasteiger partial charge in [-0.25, -0.2) is 4.79 Å². The minimum atomic E-state index is -0.530. The van der Waals surface area contributed by atoms with Crippen LogP contribution in [0.25, 0.3) is 0 Å². The Morgan fingerprint density at radius 2 is 1.71 bits per heavy atom. The number of nitro benzene ring substituents is 1. The van der Waals surface area contributed by atoms with Gasteiger partial charge in [0.25, 0.3) is 5.69 Å². The number of nitrogens with zero attached hydrogens (tertiary/aromatic N) is 1. The van der Waals surface area contributed by atoms with Gasteiger partial charge in [-0.1, -0.05) is 42.5 Å². The van der Waals surface area contributed by atoms with Crippen LogP contribution in [-0.4, -0.2) is 11.0 Å². The Bertz CT molecular complexity index is 611. The Kier molecular flexibility index (Phi) is 4.87. The molecule has 2 rings (SSSR count). The number of ether oxygens (including phenoxy) is 1. The Balaban J connectivity index is 1.77. The van der Waals surface area contributed by atoms with Crippen molar-refractivity contribution in [2.75, 3.05) is 0 Å². The van der Waals surface area contributed by atoms with Crippen molar-refractivity contribution in [2.45, 2.75) is 13.2 Å². The third kappa shape index (κ3) is 4.61. The second-order valence-electron chi connectivity index (χ2n) is 4.34. The van der Waals surface area contributed by atoms with Crippen molar-refractivity contribution in [3.05, 3.63) is 75.8 Å². The van der Waals surface area contributed by atoms with Crippen LogP contribution in [0.5, 0.6) is 0 Å². The van der Waals surface area contributed by atoms with Crippen molar-refractivity contribution in [1.82, 2.24) is 5.32 Å². The van der Waals surface area contributed by atoms with E-state index in [1.807, 2.05) is 30.3 Å². The van der Waals surface area contributed by atoms with Crippen LogP contribution in [0, 0.1) is 10.1 Å². The molecule has 108 valence electrons. The summed E-state index contributed by atoms with van der Waals surface area (Å²) in [6, 6.07) is 15.3. The maximum atomic E-state index is 11.5. The highest BCUT2D eigenvalue weighted by molar-refractivity contribution is 5.67. The maximum Gasteiger partial charge on any atom is 0.407 e. The largest absolute Gasteiger partial charge is 0.445 e. The molecule has 0 saturated heterocycles. The molecule has 0 fully saturated rings. The second kappa shape index (κ2) is 7.04. The zero-order chi connectivity index (χ0) is 15.1. The van der Waals surface area contributed by atoms with Gasteiger partial charge in [0.15, 0.2) is 0 Å². The molecule has 1 N–H and O–H groups in total. The van der Waals surface area contributed by atoms with E-state index in [9.17, 15) is 14.9 Å². The van der Waals surface area contributed by atoms with E-state index in [2.05, 4.69) is 5.32 Å². The van der Waals surface area contributed by atoms with Crippen LogP contribution in [0.1, 0.15) is 11.1 Å². The third-order valence-electron chi connectivity index (χ3n) is 2.80. The van der Waals surface area contributed by atoms with Crippen molar-refractivity contribution < 1.29 is 14.5 Å². The Morgan fingerprint density at radius 3 is 2.33 bits per heavy atom. The minimum absolute atomic E-state index is 0.0189. The number of hydrogen-bond donors (Lipinski definition) is 1. The van der Waals surface area contributed by atoms with Gasteiger partial charge in [-0.15, -0.1) is 0 Å². The number of nitrogens with one attached hydrogen (secondary N) is 1. The van der Waals surface area contributed by atoms with Crippen molar-refractivity contribution in [2.24, 2.45) is 0 Å². The molecule has 0 aliphatic rings. The number of non-ortho nitro benzene ring substituents is 1. The summed E-state index contributed by atoms with van der Waals surface area (Å²) < 4.78 is 5.05. The molecule has 21 heavy (non-hydrogen) atoms. The number of amides is 1. The molecule has 1 amide bonds. The maximum absolute atomic E-state index is 11.5. The van der Waals surface area contributed by atoms with E-state index in [4.69, 9.17) is 4.74 Å². The number of rotatable bonds is 5. The fraction of sp³-hybridized carbons (Fsp3) is 0.133. The fourth-order valence-electron chi connectivity index (χ4n) is 1.68. The Hall–Kier alpha value is -2.89. The SMILES string of the molecule is O=C(NCc1ccc([N+](=O)[O-])cc1)OCc1ccccc1. The van der Waals surface area contributed by atoms with Gasteiger partial charge in [0.05, 0.1) is 4.92 Å². The first-order chi connectivity index (χ1) is 10.1. The highest BCUT2D eigenvalue weighted by Crippen LogP contribution is 2.11. The van der Waals surface area contributed by atoms with E-state index in [0.717, 1.165) is 11.1 Å². The summed E-state index contributed by atoms with van der Waals surface area (Å²) in [6.07, 6.45) is -0.530. The third-order valence-corrected chi connectivity index (χ3v) is 2.80. The standard InChI is InChI=1S/C15H14N2O4/c18-15(21-11-13-4-2-1-3-5-13)16-10-12-6-8-14(9-7-12)17(19)20/h1-9H,10-11H2,(H,16,18). The number of hydrogen-bond acceptors (Lipinski definition) is 4. The van der Waals surface area contributed by atoms with Crippen molar-refractivity contribution in [1.29, 1.82) is 0 Å². The monoisotopic (exact) mass is 286 g/mol. The van der Waals surface area contributed by atoms with E-state index in [1.165, 1.54) is 12.1 Å². The lowest BCUT2D eigenvalue weighted by molar-refractivity contribution is -0.384. The summed E-state index contributed by atoms with van der Waals surface area (Å²) in [6.45, 7) is 0.457. The number of benzene rings is 2. The molecule has 0 aromatic heterocycles. The molecule has 0 atom stereocenters. The van der Waals surface area contributed by atoms with E-state index in [1.54, 1.807) is 12.1 Å². The average Bonchev–Trinajstić information content (AvgIpc) is 2.52. The van der Waals surface area contributed by atoms with Crippen LogP contribution in [0.15, 0.2) is 54.6 Å². The van der Waals surface area contributed by atoms with E-state index < -0.39 is 11.0 Å². The van der Waals surface area contributed by atoms with Crippen LogP contribution in [0.3, 0.4) is 0 Å². The first-order valence-corrected chi connectivity index (χ1v) is 6.33. The summed E-state index contributed by atoms with van der Waals surface area (Å²) in [4.78, 5) is 21.6. The van der Waals surface area contributed by atoms with Gasteiger partial charge in [-0.2, -0.15) is 0 Å². The molecule has 0 saturated carbocycles. The van der Waals surface area contributed by atoms with Crippen molar-refractivity contribution >= 4 is 11.8 Å². The molecule has 6 heteroatoms. The summed E-state index contributed by atoms with van der Waals surface area (Å²) in [5, 5.41) is 13.1. The molecule has 0 aliphatic heterocycles. The van der Waals surface area contributed by atoms with E-state index >= 15 is 0 Å². The van der Waals surface area contributed by atoms with E-state index in [-0.39, 0.29) is 18.8 Å². The fourth-order valence-corrected chi connectivity index (χ4v) is 1.68. The summed E-state index contributed by atoms with van der Waals surface area (Å²) in [7, 11) is 0. The topological polar surface area (TPSA) is 81.5 Å². The quantitative estimate of drug-likeness (QED) is 0.676. The van der Waals surface area contributed by atoms with Crippen LogP contribution >= 0.6 is 0 Å². The van der Waals surface area contributed by atoms with E-state index in [0.29, 0.717) is 0 Å². The van der Waals surface area contributed by atoms with Crippen molar-refractivity contribution in [3.63, 3.8) is 0 Å². The molecule has 6 nitrogen and oxygen atoms in total. The highest BCUT2D eigenvalue weighted by Gasteiger charge is 2.06. The summed E-state index contributed by atoms with van der Waals surface area (Å²) in [5.41, 5.74) is 1.69. The number of carbonyl (C=O) groups is 1. The lowest BCUT2D eigenvalue weighted by atomic mass is 10.2. The molecule has 0 unspecified atom stereocenters. The van der Waals surface area contributed by atoms with Gasteiger partial charge in [-0.3, -0.25) is 10.1 Å². The smallest absolute Gasteiger partial charge is 0.407 e. The predicted octanol–water partition coefficient (Wildman–Crippen LogP) is 3.02. The predicted molar refractivity (Wildman–Crippen MR) is 76.6 cm³/mol. The normalized spacial score (nSPS) is 9.90. The van der Waals surface area contributed by atoms with Crippen LogP contribution in [0.2, 0.25) is 0 Å². The second-order valence-corrected chi connectivity index (χ2v) is 4.34. The number of nitro groups is 1. The van der Waals surface area contributed by atoms with Gasteiger partial charge < -0.3 is 10.1 Å². The molecule has 0 bridgehead atoms. The molecule has 0 spiro atoms. The summed E-state index contributed by atoms with van der Waals surface area (Å²) >= 11 is 0. The lowest BCUT2D eigenvalue weighted by Gasteiger charge is -2.07. The van der Waals surface area contributed by atoms with Crippen LogP contribution < -0.4 is 5.32 Å². The zero-order valence-corrected chi connectivity index (χ0v) is 11.2. The Labute approximate surface area is 121 Å². The van der Waals surface area contributed by atoms with Crippen molar-refractivity contribution in [3.8, 4) is 0 Å². The van der Waals surface area contributed by atoms with Gasteiger partial charge >= 0.3 is 6.09 Å². The van der Waals surface area contributed by atoms with Gasteiger partial charge in [0.2, 0.25) is 0 Å². The Morgan fingerprint density at radius 1 is 1.05 bits per heavy atom. The summed E-state index contributed by atoms with van der Waals surface area (Å²) in [5.74, 6) is 0. The van der Waals surface area contributed by atoms with Crippen LogP contribution in [-0.2, 0) is 17.9 Å². The number of alkyl carbamates (subject to hydrolysis) is 1. The minimum Gasteiger partial charge on any atom is -0.445 e. The molecule has 0 radical (unpaired) electrons. The first kappa shape index (κ1) is 14.5. The average molecular weight is 286 g/mol. The first-order valence-electron chi connectivity index (χ1n) is 6.33. The molecule has 0 heterocycles.